The molecule has 1 aliphatic carbocycles. The molecule has 4 heteroatoms. The van der Waals surface area contributed by atoms with Crippen LogP contribution in [0.25, 0.3) is 0 Å². The van der Waals surface area contributed by atoms with E-state index in [4.69, 9.17) is 0 Å². The summed E-state index contributed by atoms with van der Waals surface area (Å²) in [6.45, 7) is 2.76. The van der Waals surface area contributed by atoms with Crippen LogP contribution in [0.2, 0.25) is 0 Å². The smallest absolute Gasteiger partial charge is 0.229 e. The minimum absolute atomic E-state index is 0.0636. The van der Waals surface area contributed by atoms with Crippen molar-refractivity contribution >= 4 is 5.91 Å². The molecule has 4 atom stereocenters. The van der Waals surface area contributed by atoms with Crippen LogP contribution in [0.1, 0.15) is 12.8 Å². The number of nitrogens with one attached hydrogen (secondary N) is 1. The topological polar surface area (TPSA) is 32.3 Å². The lowest BCUT2D eigenvalue weighted by atomic mass is 10.0. The average Bonchev–Trinajstić information content (AvgIpc) is 2.84. The van der Waals surface area contributed by atoms with Gasteiger partial charge in [-0.05, 0) is 25.3 Å². The standard InChI is InChI=1S/C10H15FN2O/c11-9-2-8(9)10(14)13-5-6-1-7(13)4-12-3-6/h6-9,12H,1-5H2/t6-,7+,8-,9-/m0/s1. The monoisotopic (exact) mass is 198 g/mol. The van der Waals surface area contributed by atoms with Crippen molar-refractivity contribution in [1.82, 2.24) is 10.2 Å². The number of amides is 1. The van der Waals surface area contributed by atoms with E-state index in [1.54, 1.807) is 0 Å². The maximum atomic E-state index is 12.8. The number of carbonyl (C=O) groups excluding carboxylic acids is 1. The van der Waals surface area contributed by atoms with E-state index in [0.29, 0.717) is 18.4 Å². The minimum Gasteiger partial charge on any atom is -0.338 e. The minimum atomic E-state index is -0.851. The molecular formula is C10H15FN2O. The highest BCUT2D eigenvalue weighted by atomic mass is 19.1. The lowest BCUT2D eigenvalue weighted by Crippen LogP contribution is -2.42. The molecule has 1 amide bonds. The van der Waals surface area contributed by atoms with Crippen LogP contribution in [0.15, 0.2) is 0 Å². The molecule has 3 nitrogen and oxygen atoms in total. The fourth-order valence-corrected chi connectivity index (χ4v) is 2.71. The second-order valence-corrected chi connectivity index (χ2v) is 4.76. The summed E-state index contributed by atoms with van der Waals surface area (Å²) in [4.78, 5) is 13.7. The molecule has 2 aliphatic heterocycles. The van der Waals surface area contributed by atoms with Crippen molar-refractivity contribution in [3.63, 3.8) is 0 Å². The molecule has 78 valence electrons. The highest BCUT2D eigenvalue weighted by molar-refractivity contribution is 5.82. The summed E-state index contributed by atoms with van der Waals surface area (Å²) in [6, 6.07) is 0.342. The van der Waals surface area contributed by atoms with Gasteiger partial charge in [0.1, 0.15) is 6.17 Å². The lowest BCUT2D eigenvalue weighted by molar-refractivity contribution is -0.133. The second kappa shape index (κ2) is 2.92. The second-order valence-electron chi connectivity index (χ2n) is 4.76. The van der Waals surface area contributed by atoms with Gasteiger partial charge in [0.2, 0.25) is 5.91 Å². The molecule has 0 unspecified atom stereocenters. The summed E-state index contributed by atoms with van der Waals surface area (Å²) in [5.74, 6) is 0.373. The van der Waals surface area contributed by atoms with Crippen molar-refractivity contribution < 1.29 is 9.18 Å². The molecule has 0 spiro atoms. The van der Waals surface area contributed by atoms with Crippen LogP contribution in [-0.2, 0) is 4.79 Å². The van der Waals surface area contributed by atoms with Crippen molar-refractivity contribution in [1.29, 1.82) is 0 Å². The Hall–Kier alpha value is -0.640. The molecular weight excluding hydrogens is 183 g/mol. The Morgan fingerprint density at radius 2 is 2.14 bits per heavy atom. The predicted octanol–water partition coefficient (Wildman–Crippen LogP) is 0.165. The highest BCUT2D eigenvalue weighted by Crippen LogP contribution is 2.38. The summed E-state index contributed by atoms with van der Waals surface area (Å²) < 4.78 is 12.8. The molecule has 1 saturated carbocycles. The van der Waals surface area contributed by atoms with Gasteiger partial charge in [0.05, 0.1) is 5.92 Å². The predicted molar refractivity (Wildman–Crippen MR) is 49.5 cm³/mol. The first-order valence-corrected chi connectivity index (χ1v) is 5.41. The Bertz CT molecular complexity index is 271. The van der Waals surface area contributed by atoms with Crippen LogP contribution >= 0.6 is 0 Å². The van der Waals surface area contributed by atoms with Gasteiger partial charge in [-0.15, -0.1) is 0 Å². The lowest BCUT2D eigenvalue weighted by Gasteiger charge is -2.24. The number of piperidine rings is 1. The fourth-order valence-electron chi connectivity index (χ4n) is 2.71. The van der Waals surface area contributed by atoms with E-state index in [2.05, 4.69) is 5.32 Å². The van der Waals surface area contributed by atoms with Gasteiger partial charge in [0, 0.05) is 19.1 Å². The van der Waals surface area contributed by atoms with E-state index in [1.165, 1.54) is 0 Å². The SMILES string of the molecule is O=C([C@H]1C[C@@H]1F)N1C[C@@H]2CNC[C@H]1C2. The highest BCUT2D eigenvalue weighted by Gasteiger charge is 2.49. The molecule has 0 aromatic carbocycles. The van der Waals surface area contributed by atoms with Crippen LogP contribution in [0, 0.1) is 11.8 Å². The molecule has 3 aliphatic rings. The molecule has 2 bridgehead atoms. The average molecular weight is 198 g/mol. The Morgan fingerprint density at radius 3 is 2.79 bits per heavy atom. The molecule has 2 heterocycles. The first-order chi connectivity index (χ1) is 6.75. The largest absolute Gasteiger partial charge is 0.338 e. The molecule has 0 aromatic rings. The molecule has 14 heavy (non-hydrogen) atoms. The van der Waals surface area contributed by atoms with E-state index in [0.717, 1.165) is 26.1 Å². The van der Waals surface area contributed by atoms with Gasteiger partial charge in [0.25, 0.3) is 0 Å². The number of rotatable bonds is 1. The summed E-state index contributed by atoms with van der Waals surface area (Å²) in [6.07, 6.45) is 0.721. The Kier molecular flexibility index (Phi) is 1.81. The Balaban J connectivity index is 1.70. The maximum Gasteiger partial charge on any atom is 0.229 e. The van der Waals surface area contributed by atoms with Crippen LogP contribution < -0.4 is 5.32 Å². The number of carbonyl (C=O) groups is 1. The van der Waals surface area contributed by atoms with E-state index in [1.807, 2.05) is 4.90 Å². The number of likely N-dealkylation sites (tertiary alicyclic amines) is 1. The number of hydrogen-bond acceptors (Lipinski definition) is 2. The van der Waals surface area contributed by atoms with Crippen molar-refractivity contribution in [2.24, 2.45) is 11.8 Å². The zero-order valence-electron chi connectivity index (χ0n) is 8.08. The molecule has 0 aromatic heterocycles. The molecule has 3 fully saturated rings. The fraction of sp³-hybridized carbons (Fsp3) is 0.900. The number of halogens is 1. The van der Waals surface area contributed by atoms with Gasteiger partial charge in [-0.2, -0.15) is 0 Å². The number of fused-ring (bicyclic) bond motifs is 2. The van der Waals surface area contributed by atoms with Crippen LogP contribution in [-0.4, -0.2) is 42.7 Å². The Labute approximate surface area is 82.6 Å². The molecule has 3 rings (SSSR count). The van der Waals surface area contributed by atoms with Crippen molar-refractivity contribution in [3.05, 3.63) is 0 Å². The first kappa shape index (κ1) is 8.65. The van der Waals surface area contributed by atoms with Gasteiger partial charge in [-0.25, -0.2) is 4.39 Å². The summed E-state index contributed by atoms with van der Waals surface area (Å²) >= 11 is 0. The van der Waals surface area contributed by atoms with Gasteiger partial charge < -0.3 is 10.2 Å². The number of nitrogens with zero attached hydrogens (tertiary/aromatic N) is 1. The third-order valence-electron chi connectivity index (χ3n) is 3.63. The van der Waals surface area contributed by atoms with Crippen molar-refractivity contribution in [2.45, 2.75) is 25.1 Å². The normalized spacial score (nSPS) is 45.4. The maximum absolute atomic E-state index is 12.8. The van der Waals surface area contributed by atoms with E-state index in [-0.39, 0.29) is 11.8 Å². The third kappa shape index (κ3) is 1.24. The summed E-state index contributed by atoms with van der Waals surface area (Å²) in [5.41, 5.74) is 0. The van der Waals surface area contributed by atoms with Crippen molar-refractivity contribution in [2.75, 3.05) is 19.6 Å². The quantitative estimate of drug-likeness (QED) is 0.651. The molecule has 1 N–H and O–H groups in total. The van der Waals surface area contributed by atoms with E-state index >= 15 is 0 Å². The zero-order valence-corrected chi connectivity index (χ0v) is 8.08. The van der Waals surface area contributed by atoms with Gasteiger partial charge in [-0.3, -0.25) is 4.79 Å². The zero-order chi connectivity index (χ0) is 9.71. The number of hydrogen-bond donors (Lipinski definition) is 1. The third-order valence-corrected chi connectivity index (χ3v) is 3.63. The summed E-state index contributed by atoms with van der Waals surface area (Å²) in [5, 5.41) is 3.31. The van der Waals surface area contributed by atoms with Gasteiger partial charge in [-0.1, -0.05) is 0 Å². The first-order valence-electron chi connectivity index (χ1n) is 5.41. The summed E-state index contributed by atoms with van der Waals surface area (Å²) in [7, 11) is 0. The molecule has 0 radical (unpaired) electrons. The van der Waals surface area contributed by atoms with Gasteiger partial charge in [0.15, 0.2) is 0 Å². The number of alkyl halides is 1. The van der Waals surface area contributed by atoms with E-state index < -0.39 is 6.17 Å². The van der Waals surface area contributed by atoms with Crippen molar-refractivity contribution in [3.8, 4) is 0 Å². The van der Waals surface area contributed by atoms with E-state index in [9.17, 15) is 9.18 Å². The van der Waals surface area contributed by atoms with Crippen LogP contribution in [0.5, 0.6) is 0 Å². The Morgan fingerprint density at radius 1 is 1.36 bits per heavy atom. The van der Waals surface area contributed by atoms with Crippen LogP contribution in [0.4, 0.5) is 4.39 Å². The molecule has 2 saturated heterocycles. The van der Waals surface area contributed by atoms with Gasteiger partial charge >= 0.3 is 0 Å². The van der Waals surface area contributed by atoms with Crippen LogP contribution in [0.3, 0.4) is 0 Å².